The van der Waals surface area contributed by atoms with E-state index in [1.165, 1.54) is 11.8 Å². The Kier molecular flexibility index (Phi) is 5.91. The molecule has 0 aliphatic rings. The van der Waals surface area contributed by atoms with Gasteiger partial charge in [-0.1, -0.05) is 18.7 Å². The minimum Gasteiger partial charge on any atom is -0.481 e. The topological polar surface area (TPSA) is 55.1 Å². The lowest BCUT2D eigenvalue weighted by Crippen LogP contribution is -2.10. The smallest absolute Gasteiger partial charge is 0.313 e. The fourth-order valence-corrected chi connectivity index (χ4v) is 3.00. The Labute approximate surface area is 110 Å². The molecule has 1 rings (SSSR count). The van der Waals surface area contributed by atoms with Gasteiger partial charge in [0.25, 0.3) is 0 Å². The zero-order valence-corrected chi connectivity index (χ0v) is 12.0. The van der Waals surface area contributed by atoms with Crippen LogP contribution in [0.15, 0.2) is 11.4 Å². The van der Waals surface area contributed by atoms with Crippen LogP contribution in [-0.2, 0) is 11.3 Å². The Hall–Kier alpha value is -0.620. The number of carboxylic acid groups (broad SMARTS) is 1. The Morgan fingerprint density at radius 3 is 2.94 bits per heavy atom. The highest BCUT2D eigenvalue weighted by Gasteiger charge is 2.11. The third kappa shape index (κ3) is 5.04. The second-order valence-electron chi connectivity index (χ2n) is 4.06. The van der Waals surface area contributed by atoms with Crippen molar-refractivity contribution in [2.75, 3.05) is 17.8 Å². The number of aromatic nitrogens is 2. The number of nitrogens with zero attached hydrogens (tertiary/aromatic N) is 2. The summed E-state index contributed by atoms with van der Waals surface area (Å²) in [5.41, 5.74) is 0.939. The Balaban J connectivity index is 2.66. The maximum absolute atomic E-state index is 10.6. The quantitative estimate of drug-likeness (QED) is 0.774. The third-order valence-corrected chi connectivity index (χ3v) is 4.02. The summed E-state index contributed by atoms with van der Waals surface area (Å²) in [7, 11) is 0. The van der Waals surface area contributed by atoms with Gasteiger partial charge in [-0.2, -0.15) is 11.8 Å². The van der Waals surface area contributed by atoms with E-state index in [1.807, 2.05) is 24.9 Å². The van der Waals surface area contributed by atoms with E-state index in [0.717, 1.165) is 23.1 Å². The van der Waals surface area contributed by atoms with Crippen LogP contribution < -0.4 is 0 Å². The molecule has 0 aliphatic carbocycles. The molecular weight excluding hydrogens is 256 g/mol. The zero-order chi connectivity index (χ0) is 12.8. The van der Waals surface area contributed by atoms with E-state index < -0.39 is 5.97 Å². The van der Waals surface area contributed by atoms with Gasteiger partial charge in [-0.05, 0) is 24.9 Å². The maximum Gasteiger partial charge on any atom is 0.313 e. The number of imidazole rings is 1. The highest BCUT2D eigenvalue weighted by atomic mass is 32.2. The van der Waals surface area contributed by atoms with Crippen molar-refractivity contribution in [1.82, 2.24) is 9.55 Å². The van der Waals surface area contributed by atoms with Gasteiger partial charge in [0.1, 0.15) is 0 Å². The minimum absolute atomic E-state index is 0.0629. The van der Waals surface area contributed by atoms with Crippen LogP contribution >= 0.6 is 23.5 Å². The number of carboxylic acids is 1. The van der Waals surface area contributed by atoms with Crippen molar-refractivity contribution in [2.45, 2.75) is 25.5 Å². The summed E-state index contributed by atoms with van der Waals surface area (Å²) in [4.78, 5) is 14.9. The normalized spacial score (nSPS) is 12.6. The van der Waals surface area contributed by atoms with Gasteiger partial charge in [0.15, 0.2) is 5.16 Å². The number of hydrogen-bond donors (Lipinski definition) is 1. The first-order chi connectivity index (χ1) is 8.02. The van der Waals surface area contributed by atoms with E-state index in [2.05, 4.69) is 22.7 Å². The van der Waals surface area contributed by atoms with E-state index in [9.17, 15) is 4.79 Å². The van der Waals surface area contributed by atoms with Crippen LogP contribution in [-0.4, -0.2) is 38.4 Å². The molecule has 4 nitrogen and oxygen atoms in total. The molecule has 0 amide bonds. The molecule has 0 spiro atoms. The Bertz CT molecular complexity index is 380. The summed E-state index contributed by atoms with van der Waals surface area (Å²) in [5.74, 6) is 0.912. The van der Waals surface area contributed by atoms with Crippen molar-refractivity contribution < 1.29 is 9.90 Å². The second-order valence-corrected chi connectivity index (χ2v) is 5.91. The minimum atomic E-state index is -0.806. The maximum atomic E-state index is 10.6. The number of thioether (sulfide) groups is 2. The Morgan fingerprint density at radius 1 is 1.65 bits per heavy atom. The molecule has 0 radical (unpaired) electrons. The third-order valence-electron chi connectivity index (χ3n) is 2.14. The summed E-state index contributed by atoms with van der Waals surface area (Å²) in [6.45, 7) is 5.02. The standard InChI is InChI=1S/C11H18N2O2S2/c1-8(6-16-3)4-13-5-9(2)12-11(13)17-7-10(14)15/h5,8H,4,6-7H2,1-3H3,(H,14,15). The van der Waals surface area contributed by atoms with Crippen molar-refractivity contribution in [3.05, 3.63) is 11.9 Å². The van der Waals surface area contributed by atoms with Gasteiger partial charge in [-0.25, -0.2) is 4.98 Å². The van der Waals surface area contributed by atoms with Gasteiger partial charge in [-0.3, -0.25) is 4.79 Å². The van der Waals surface area contributed by atoms with Crippen molar-refractivity contribution in [1.29, 1.82) is 0 Å². The first-order valence-electron chi connectivity index (χ1n) is 5.40. The fourth-order valence-electron chi connectivity index (χ4n) is 1.57. The number of rotatable bonds is 7. The molecule has 0 saturated heterocycles. The highest BCUT2D eigenvalue weighted by Crippen LogP contribution is 2.19. The van der Waals surface area contributed by atoms with Crippen LogP contribution in [0.1, 0.15) is 12.6 Å². The lowest BCUT2D eigenvalue weighted by Gasteiger charge is -2.12. The summed E-state index contributed by atoms with van der Waals surface area (Å²) in [5, 5.41) is 9.48. The zero-order valence-electron chi connectivity index (χ0n) is 10.3. The molecule has 0 saturated carbocycles. The predicted octanol–water partition coefficient (Wildman–Crippen LogP) is 2.37. The van der Waals surface area contributed by atoms with E-state index in [-0.39, 0.29) is 5.75 Å². The van der Waals surface area contributed by atoms with Crippen molar-refractivity contribution in [2.24, 2.45) is 5.92 Å². The molecule has 0 aromatic carbocycles. The van der Waals surface area contributed by atoms with Gasteiger partial charge in [-0.15, -0.1) is 0 Å². The molecule has 0 aliphatic heterocycles. The lowest BCUT2D eigenvalue weighted by molar-refractivity contribution is -0.133. The summed E-state index contributed by atoms with van der Waals surface area (Å²) >= 11 is 3.11. The van der Waals surface area contributed by atoms with E-state index in [1.54, 1.807) is 0 Å². The van der Waals surface area contributed by atoms with Gasteiger partial charge in [0.2, 0.25) is 0 Å². The van der Waals surface area contributed by atoms with Crippen molar-refractivity contribution in [3.63, 3.8) is 0 Å². The van der Waals surface area contributed by atoms with Crippen LogP contribution in [0.5, 0.6) is 0 Å². The van der Waals surface area contributed by atoms with Gasteiger partial charge in [0.05, 0.1) is 11.4 Å². The average Bonchev–Trinajstić information content (AvgIpc) is 2.56. The summed E-state index contributed by atoms with van der Waals surface area (Å²) in [6, 6.07) is 0. The van der Waals surface area contributed by atoms with Gasteiger partial charge < -0.3 is 9.67 Å². The van der Waals surface area contributed by atoms with Crippen molar-refractivity contribution >= 4 is 29.5 Å². The lowest BCUT2D eigenvalue weighted by atomic mass is 10.2. The average molecular weight is 274 g/mol. The molecule has 1 unspecified atom stereocenters. The largest absolute Gasteiger partial charge is 0.481 e. The van der Waals surface area contributed by atoms with Gasteiger partial charge >= 0.3 is 5.97 Å². The molecular formula is C11H18N2O2S2. The van der Waals surface area contributed by atoms with Crippen LogP contribution in [0.25, 0.3) is 0 Å². The number of hydrogen-bond acceptors (Lipinski definition) is 4. The number of aliphatic carboxylic acids is 1. The van der Waals surface area contributed by atoms with Gasteiger partial charge in [0, 0.05) is 12.7 Å². The molecule has 1 aromatic heterocycles. The van der Waals surface area contributed by atoms with E-state index in [0.29, 0.717) is 5.92 Å². The first kappa shape index (κ1) is 14.4. The van der Waals surface area contributed by atoms with Crippen LogP contribution in [0.2, 0.25) is 0 Å². The fraction of sp³-hybridized carbons (Fsp3) is 0.636. The van der Waals surface area contributed by atoms with Crippen LogP contribution in [0.3, 0.4) is 0 Å². The summed E-state index contributed by atoms with van der Waals surface area (Å²) < 4.78 is 2.06. The molecule has 0 bridgehead atoms. The van der Waals surface area contributed by atoms with E-state index in [4.69, 9.17) is 5.11 Å². The van der Waals surface area contributed by atoms with Crippen LogP contribution in [0.4, 0.5) is 0 Å². The SMILES string of the molecule is CSCC(C)Cn1cc(C)nc1SCC(=O)O. The molecule has 0 fully saturated rings. The molecule has 1 N–H and O–H groups in total. The van der Waals surface area contributed by atoms with Crippen LogP contribution in [0, 0.1) is 12.8 Å². The molecule has 1 aromatic rings. The monoisotopic (exact) mass is 274 g/mol. The van der Waals surface area contributed by atoms with E-state index >= 15 is 0 Å². The number of aryl methyl sites for hydroxylation is 1. The predicted molar refractivity (Wildman–Crippen MR) is 72.9 cm³/mol. The number of carbonyl (C=O) groups is 1. The molecule has 6 heteroatoms. The summed E-state index contributed by atoms with van der Waals surface area (Å²) in [6.07, 6.45) is 4.08. The highest BCUT2D eigenvalue weighted by molar-refractivity contribution is 7.99. The Morgan fingerprint density at radius 2 is 2.35 bits per heavy atom. The molecule has 1 atom stereocenters. The molecule has 1 heterocycles. The second kappa shape index (κ2) is 6.96. The molecule has 17 heavy (non-hydrogen) atoms. The first-order valence-corrected chi connectivity index (χ1v) is 7.78. The van der Waals surface area contributed by atoms with Crippen molar-refractivity contribution in [3.8, 4) is 0 Å². The molecule has 96 valence electrons.